The number of hydrogen-bond donors (Lipinski definition) is 2. The minimum absolute atomic E-state index is 0.173. The monoisotopic (exact) mass is 337 g/mol. The standard InChI is InChI=1S/C19H19N3O3/c1-13-11-21-18(19(25)22(13)12-17(23)24)20-10-9-15-7-4-6-14-5-2-3-8-16(14)15/h2-8,11H,9-10,12H2,1H3,(H,20,21)(H,23,24). The topological polar surface area (TPSA) is 84.2 Å². The van der Waals surface area contributed by atoms with E-state index < -0.39 is 11.5 Å². The third-order valence-corrected chi connectivity index (χ3v) is 4.11. The SMILES string of the molecule is Cc1cnc(NCCc2cccc3ccccc23)c(=O)n1CC(=O)O. The first kappa shape index (κ1) is 16.7. The molecule has 0 atom stereocenters. The van der Waals surface area contributed by atoms with E-state index in [-0.39, 0.29) is 12.4 Å². The van der Waals surface area contributed by atoms with Crippen molar-refractivity contribution in [2.45, 2.75) is 19.9 Å². The lowest BCUT2D eigenvalue weighted by molar-refractivity contribution is -0.137. The lowest BCUT2D eigenvalue weighted by Gasteiger charge is -2.11. The molecule has 0 aliphatic rings. The lowest BCUT2D eigenvalue weighted by atomic mass is 10.0. The van der Waals surface area contributed by atoms with Crippen LogP contribution in [0, 0.1) is 6.92 Å². The molecular weight excluding hydrogens is 318 g/mol. The fourth-order valence-electron chi connectivity index (χ4n) is 2.85. The number of benzene rings is 2. The predicted molar refractivity (Wildman–Crippen MR) is 97.0 cm³/mol. The van der Waals surface area contributed by atoms with E-state index in [1.54, 1.807) is 6.92 Å². The van der Waals surface area contributed by atoms with Crippen molar-refractivity contribution in [3.63, 3.8) is 0 Å². The highest BCUT2D eigenvalue weighted by Gasteiger charge is 2.10. The highest BCUT2D eigenvalue weighted by Crippen LogP contribution is 2.18. The largest absolute Gasteiger partial charge is 0.480 e. The molecule has 3 aromatic rings. The Balaban J connectivity index is 1.76. The van der Waals surface area contributed by atoms with Gasteiger partial charge in [0.05, 0.1) is 0 Å². The summed E-state index contributed by atoms with van der Waals surface area (Å²) in [5.41, 5.74) is 1.29. The Hall–Kier alpha value is -3.15. The maximum Gasteiger partial charge on any atom is 0.323 e. The van der Waals surface area contributed by atoms with Crippen molar-refractivity contribution in [1.29, 1.82) is 0 Å². The van der Waals surface area contributed by atoms with Gasteiger partial charge in [-0.1, -0.05) is 42.5 Å². The van der Waals surface area contributed by atoms with Gasteiger partial charge >= 0.3 is 5.97 Å². The molecule has 2 aromatic carbocycles. The molecule has 1 heterocycles. The van der Waals surface area contributed by atoms with Gasteiger partial charge in [0.15, 0.2) is 5.82 Å². The maximum atomic E-state index is 12.4. The Bertz CT molecular complexity index is 974. The number of carboxylic acids is 1. The van der Waals surface area contributed by atoms with Crippen LogP contribution >= 0.6 is 0 Å². The van der Waals surface area contributed by atoms with Crippen molar-refractivity contribution >= 4 is 22.6 Å². The molecule has 0 aliphatic heterocycles. The number of nitrogens with one attached hydrogen (secondary N) is 1. The van der Waals surface area contributed by atoms with Gasteiger partial charge in [0.2, 0.25) is 0 Å². The number of anilines is 1. The van der Waals surface area contributed by atoms with Gasteiger partial charge in [-0.25, -0.2) is 4.98 Å². The second-order valence-corrected chi connectivity index (χ2v) is 5.85. The van der Waals surface area contributed by atoms with Crippen LogP contribution in [-0.4, -0.2) is 27.2 Å². The molecule has 25 heavy (non-hydrogen) atoms. The number of aromatic nitrogens is 2. The van der Waals surface area contributed by atoms with Crippen LogP contribution in [0.2, 0.25) is 0 Å². The van der Waals surface area contributed by atoms with Crippen molar-refractivity contribution in [2.75, 3.05) is 11.9 Å². The molecule has 0 bridgehead atoms. The molecule has 0 saturated heterocycles. The van der Waals surface area contributed by atoms with Crippen molar-refractivity contribution in [3.05, 3.63) is 70.3 Å². The summed E-state index contributed by atoms with van der Waals surface area (Å²) in [5, 5.41) is 14.3. The summed E-state index contributed by atoms with van der Waals surface area (Å²) in [7, 11) is 0. The van der Waals surface area contributed by atoms with Crippen LogP contribution in [0.4, 0.5) is 5.82 Å². The van der Waals surface area contributed by atoms with Crippen LogP contribution in [0.15, 0.2) is 53.5 Å². The number of nitrogens with zero attached hydrogens (tertiary/aromatic N) is 2. The molecule has 6 heteroatoms. The Labute approximate surface area is 144 Å². The average molecular weight is 337 g/mol. The number of hydrogen-bond acceptors (Lipinski definition) is 4. The molecule has 6 nitrogen and oxygen atoms in total. The number of rotatable bonds is 6. The molecular formula is C19H19N3O3. The van der Waals surface area contributed by atoms with Crippen LogP contribution in [0.25, 0.3) is 10.8 Å². The van der Waals surface area contributed by atoms with Crippen LogP contribution in [-0.2, 0) is 17.8 Å². The fourth-order valence-corrected chi connectivity index (χ4v) is 2.85. The van der Waals surface area contributed by atoms with Crippen LogP contribution in [0.5, 0.6) is 0 Å². The molecule has 0 amide bonds. The van der Waals surface area contributed by atoms with Gasteiger partial charge < -0.3 is 10.4 Å². The molecule has 0 saturated carbocycles. The predicted octanol–water partition coefficient (Wildman–Crippen LogP) is 2.44. The van der Waals surface area contributed by atoms with E-state index in [0.717, 1.165) is 6.42 Å². The van der Waals surface area contributed by atoms with E-state index in [2.05, 4.69) is 34.6 Å². The highest BCUT2D eigenvalue weighted by molar-refractivity contribution is 5.85. The molecule has 3 rings (SSSR count). The van der Waals surface area contributed by atoms with Gasteiger partial charge in [-0.05, 0) is 29.7 Å². The second kappa shape index (κ2) is 7.17. The van der Waals surface area contributed by atoms with Gasteiger partial charge in [-0.3, -0.25) is 14.2 Å². The van der Waals surface area contributed by atoms with Crippen molar-refractivity contribution in [1.82, 2.24) is 9.55 Å². The summed E-state index contributed by atoms with van der Waals surface area (Å²) >= 11 is 0. The van der Waals surface area contributed by atoms with Crippen LogP contribution in [0.1, 0.15) is 11.3 Å². The molecule has 0 fully saturated rings. The quantitative estimate of drug-likeness (QED) is 0.722. The average Bonchev–Trinajstić information content (AvgIpc) is 2.60. The number of fused-ring (bicyclic) bond motifs is 1. The first-order valence-electron chi connectivity index (χ1n) is 8.05. The van der Waals surface area contributed by atoms with Gasteiger partial charge in [0.1, 0.15) is 6.54 Å². The second-order valence-electron chi connectivity index (χ2n) is 5.85. The first-order valence-corrected chi connectivity index (χ1v) is 8.05. The Morgan fingerprint density at radius 3 is 2.76 bits per heavy atom. The zero-order chi connectivity index (χ0) is 17.8. The Kier molecular flexibility index (Phi) is 4.79. The minimum Gasteiger partial charge on any atom is -0.480 e. The zero-order valence-electron chi connectivity index (χ0n) is 13.9. The fraction of sp³-hybridized carbons (Fsp3) is 0.211. The van der Waals surface area contributed by atoms with Crippen molar-refractivity contribution in [2.24, 2.45) is 0 Å². The van der Waals surface area contributed by atoms with E-state index in [9.17, 15) is 9.59 Å². The number of carboxylic acid groups (broad SMARTS) is 1. The third-order valence-electron chi connectivity index (χ3n) is 4.11. The summed E-state index contributed by atoms with van der Waals surface area (Å²) in [6.07, 6.45) is 2.24. The van der Waals surface area contributed by atoms with E-state index in [1.165, 1.54) is 27.1 Å². The summed E-state index contributed by atoms with van der Waals surface area (Å²) in [5.74, 6) is -0.884. The first-order chi connectivity index (χ1) is 12.1. The van der Waals surface area contributed by atoms with Gasteiger partial charge in [-0.2, -0.15) is 0 Å². The maximum absolute atomic E-state index is 12.4. The van der Waals surface area contributed by atoms with Gasteiger partial charge in [0, 0.05) is 18.4 Å². The molecule has 1 aromatic heterocycles. The van der Waals surface area contributed by atoms with Crippen LogP contribution in [0.3, 0.4) is 0 Å². The van der Waals surface area contributed by atoms with Crippen molar-refractivity contribution in [3.8, 4) is 0 Å². The summed E-state index contributed by atoms with van der Waals surface area (Å²) in [6, 6.07) is 14.3. The third kappa shape index (κ3) is 3.68. The summed E-state index contributed by atoms with van der Waals surface area (Å²) in [6.45, 7) is 1.83. The lowest BCUT2D eigenvalue weighted by Crippen LogP contribution is -2.29. The highest BCUT2D eigenvalue weighted by atomic mass is 16.4. The van der Waals surface area contributed by atoms with E-state index in [1.807, 2.05) is 18.2 Å². The number of aliphatic carboxylic acids is 1. The molecule has 0 unspecified atom stereocenters. The Morgan fingerprint density at radius 1 is 1.20 bits per heavy atom. The Morgan fingerprint density at radius 2 is 1.96 bits per heavy atom. The molecule has 0 spiro atoms. The molecule has 0 radical (unpaired) electrons. The minimum atomic E-state index is -1.06. The number of carbonyl (C=O) groups is 1. The van der Waals surface area contributed by atoms with E-state index in [0.29, 0.717) is 12.2 Å². The van der Waals surface area contributed by atoms with E-state index in [4.69, 9.17) is 5.11 Å². The smallest absolute Gasteiger partial charge is 0.323 e. The normalized spacial score (nSPS) is 10.8. The number of aryl methyl sites for hydroxylation is 1. The molecule has 2 N–H and O–H groups in total. The molecule has 128 valence electrons. The van der Waals surface area contributed by atoms with Crippen molar-refractivity contribution < 1.29 is 9.90 Å². The van der Waals surface area contributed by atoms with Crippen LogP contribution < -0.4 is 10.9 Å². The summed E-state index contributed by atoms with van der Waals surface area (Å²) in [4.78, 5) is 27.4. The molecule has 0 aliphatic carbocycles. The van der Waals surface area contributed by atoms with Gasteiger partial charge in [0.25, 0.3) is 5.56 Å². The van der Waals surface area contributed by atoms with E-state index >= 15 is 0 Å². The van der Waals surface area contributed by atoms with Gasteiger partial charge in [-0.15, -0.1) is 0 Å². The zero-order valence-corrected chi connectivity index (χ0v) is 13.9. The summed E-state index contributed by atoms with van der Waals surface area (Å²) < 4.78 is 1.20.